The molecule has 1 aliphatic rings. The molecule has 1 aromatic rings. The van der Waals surface area contributed by atoms with E-state index in [9.17, 15) is 17.6 Å². The summed E-state index contributed by atoms with van der Waals surface area (Å²) >= 11 is 0. The first kappa shape index (κ1) is 24.2. The summed E-state index contributed by atoms with van der Waals surface area (Å²) in [6.45, 7) is 7.53. The molecule has 0 unspecified atom stereocenters. The molecule has 1 aromatic carbocycles. The lowest BCUT2D eigenvalue weighted by Crippen LogP contribution is -2.45. The summed E-state index contributed by atoms with van der Waals surface area (Å²) < 4.78 is 54.4. The lowest BCUT2D eigenvalue weighted by Gasteiger charge is -2.36. The van der Waals surface area contributed by atoms with Crippen molar-refractivity contribution in [2.75, 3.05) is 26.2 Å². The lowest BCUT2D eigenvalue weighted by molar-refractivity contribution is -0.275. The van der Waals surface area contributed by atoms with Gasteiger partial charge in [0.05, 0.1) is 0 Å². The number of hydrogen-bond acceptors (Lipinski definition) is 3. The summed E-state index contributed by atoms with van der Waals surface area (Å²) in [6.07, 6.45) is -4.07. The van der Waals surface area contributed by atoms with Crippen molar-refractivity contribution in [2.45, 2.75) is 32.7 Å². The van der Waals surface area contributed by atoms with Crippen LogP contribution < -0.4 is 10.1 Å². The van der Waals surface area contributed by atoms with Gasteiger partial charge in [-0.05, 0) is 30.0 Å². The molecular formula is C16H24Cl2F4N2O. The van der Waals surface area contributed by atoms with Crippen molar-refractivity contribution in [3.05, 3.63) is 29.6 Å². The Hall–Kier alpha value is -0.760. The fraction of sp³-hybridized carbons (Fsp3) is 0.625. The van der Waals surface area contributed by atoms with Crippen molar-refractivity contribution < 1.29 is 22.3 Å². The van der Waals surface area contributed by atoms with E-state index in [1.54, 1.807) is 0 Å². The van der Waals surface area contributed by atoms with Gasteiger partial charge >= 0.3 is 6.36 Å². The summed E-state index contributed by atoms with van der Waals surface area (Å²) in [5.41, 5.74) is 0.688. The molecule has 1 atom stereocenters. The van der Waals surface area contributed by atoms with Gasteiger partial charge in [0.1, 0.15) is 0 Å². The van der Waals surface area contributed by atoms with E-state index in [0.717, 1.165) is 44.7 Å². The maximum atomic E-state index is 14.0. The highest BCUT2D eigenvalue weighted by molar-refractivity contribution is 5.85. The molecule has 1 fully saturated rings. The first-order chi connectivity index (χ1) is 10.8. The summed E-state index contributed by atoms with van der Waals surface area (Å²) in [4.78, 5) is 2.25. The number of alkyl halides is 3. The standard InChI is InChI=1S/C16H22F4N2O.2ClH/c1-11(2)9-14(22-7-5-21-6-8-22)12-3-4-15(13(17)10-12)23-16(18,19)20;;/h3-4,10-11,14,21H,5-9H2,1-2H3;2*1H/t14-;;/m0../s1. The third-order valence-electron chi connectivity index (χ3n) is 3.85. The van der Waals surface area contributed by atoms with Crippen LogP contribution in [0.15, 0.2) is 18.2 Å². The van der Waals surface area contributed by atoms with E-state index in [2.05, 4.69) is 28.8 Å². The molecule has 0 spiro atoms. The zero-order chi connectivity index (χ0) is 17.0. The molecule has 3 nitrogen and oxygen atoms in total. The van der Waals surface area contributed by atoms with Crippen LogP contribution in [0.3, 0.4) is 0 Å². The zero-order valence-electron chi connectivity index (χ0n) is 14.1. The van der Waals surface area contributed by atoms with Crippen LogP contribution in [-0.4, -0.2) is 37.4 Å². The number of halogens is 6. The third-order valence-corrected chi connectivity index (χ3v) is 3.85. The van der Waals surface area contributed by atoms with Crippen molar-refractivity contribution in [3.63, 3.8) is 0 Å². The molecule has 25 heavy (non-hydrogen) atoms. The topological polar surface area (TPSA) is 24.5 Å². The Morgan fingerprint density at radius 1 is 1.16 bits per heavy atom. The van der Waals surface area contributed by atoms with E-state index < -0.39 is 17.9 Å². The minimum absolute atomic E-state index is 0. The average Bonchev–Trinajstić information content (AvgIpc) is 2.46. The number of hydrogen-bond donors (Lipinski definition) is 1. The molecule has 0 aromatic heterocycles. The van der Waals surface area contributed by atoms with E-state index in [1.807, 2.05) is 0 Å². The van der Waals surface area contributed by atoms with Crippen LogP contribution in [0.25, 0.3) is 0 Å². The maximum absolute atomic E-state index is 14.0. The monoisotopic (exact) mass is 406 g/mol. The van der Waals surface area contributed by atoms with E-state index in [4.69, 9.17) is 0 Å². The summed E-state index contributed by atoms with van der Waals surface area (Å²) in [7, 11) is 0. The Balaban J connectivity index is 0.00000288. The summed E-state index contributed by atoms with van der Waals surface area (Å²) in [6, 6.07) is 3.75. The van der Waals surface area contributed by atoms with Crippen molar-refractivity contribution in [1.82, 2.24) is 10.2 Å². The second kappa shape index (κ2) is 10.4. The van der Waals surface area contributed by atoms with Crippen molar-refractivity contribution in [2.24, 2.45) is 5.92 Å². The van der Waals surface area contributed by atoms with Crippen LogP contribution in [0.2, 0.25) is 0 Å². The van der Waals surface area contributed by atoms with Gasteiger partial charge in [0.25, 0.3) is 0 Å². The van der Waals surface area contributed by atoms with Gasteiger partial charge in [-0.3, -0.25) is 4.90 Å². The van der Waals surface area contributed by atoms with Gasteiger partial charge < -0.3 is 10.1 Å². The molecule has 9 heteroatoms. The molecule has 0 amide bonds. The van der Waals surface area contributed by atoms with Crippen molar-refractivity contribution in [3.8, 4) is 5.75 Å². The van der Waals surface area contributed by atoms with Crippen molar-refractivity contribution in [1.29, 1.82) is 0 Å². The molecule has 0 radical (unpaired) electrons. The molecule has 1 saturated heterocycles. The quantitative estimate of drug-likeness (QED) is 0.725. The number of piperazine rings is 1. The van der Waals surface area contributed by atoms with Gasteiger partial charge in [-0.2, -0.15) is 0 Å². The fourth-order valence-corrected chi connectivity index (χ4v) is 2.87. The van der Waals surface area contributed by atoms with Crippen molar-refractivity contribution >= 4 is 24.8 Å². The predicted octanol–water partition coefficient (Wildman–Crippen LogP) is 4.56. The fourth-order valence-electron chi connectivity index (χ4n) is 2.87. The van der Waals surface area contributed by atoms with Gasteiger partial charge in [-0.15, -0.1) is 38.0 Å². The van der Waals surface area contributed by atoms with E-state index in [-0.39, 0.29) is 30.9 Å². The van der Waals surface area contributed by atoms with Crippen LogP contribution in [0, 0.1) is 11.7 Å². The first-order valence-electron chi connectivity index (χ1n) is 7.76. The third kappa shape index (κ3) is 7.56. The largest absolute Gasteiger partial charge is 0.573 e. The Morgan fingerprint density at radius 2 is 1.76 bits per heavy atom. The lowest BCUT2D eigenvalue weighted by atomic mass is 9.95. The predicted molar refractivity (Wildman–Crippen MR) is 94.2 cm³/mol. The highest BCUT2D eigenvalue weighted by Crippen LogP contribution is 2.32. The molecule has 146 valence electrons. The minimum Gasteiger partial charge on any atom is -0.403 e. The van der Waals surface area contributed by atoms with Crippen LogP contribution in [0.5, 0.6) is 5.75 Å². The summed E-state index contributed by atoms with van der Waals surface area (Å²) in [5.74, 6) is -1.38. The van der Waals surface area contributed by atoms with Gasteiger partial charge in [-0.25, -0.2) is 4.39 Å². The highest BCUT2D eigenvalue weighted by Gasteiger charge is 2.33. The van der Waals surface area contributed by atoms with Crippen LogP contribution in [0.1, 0.15) is 31.9 Å². The van der Waals surface area contributed by atoms with E-state index in [1.165, 1.54) is 6.07 Å². The first-order valence-corrected chi connectivity index (χ1v) is 7.76. The number of nitrogens with one attached hydrogen (secondary N) is 1. The molecule has 1 N–H and O–H groups in total. The van der Waals surface area contributed by atoms with Crippen LogP contribution in [0.4, 0.5) is 17.6 Å². The molecule has 0 saturated carbocycles. The molecule has 1 heterocycles. The molecule has 0 bridgehead atoms. The van der Waals surface area contributed by atoms with Gasteiger partial charge in [-0.1, -0.05) is 19.9 Å². The number of rotatable bonds is 5. The normalized spacial score (nSPS) is 16.8. The SMILES string of the molecule is CC(C)C[C@@H](c1ccc(OC(F)(F)F)c(F)c1)N1CCNCC1.Cl.Cl. The van der Waals surface area contributed by atoms with E-state index in [0.29, 0.717) is 11.5 Å². The average molecular weight is 407 g/mol. The molecule has 1 aliphatic heterocycles. The van der Waals surface area contributed by atoms with Gasteiger partial charge in [0.2, 0.25) is 0 Å². The number of ether oxygens (including phenoxy) is 1. The Kier molecular flexibility index (Phi) is 10.1. The van der Waals surface area contributed by atoms with Crippen LogP contribution >= 0.6 is 24.8 Å². The zero-order valence-corrected chi connectivity index (χ0v) is 15.7. The molecule has 0 aliphatic carbocycles. The number of benzene rings is 1. The van der Waals surface area contributed by atoms with E-state index >= 15 is 0 Å². The summed E-state index contributed by atoms with van der Waals surface area (Å²) in [5, 5.41) is 3.26. The van der Waals surface area contributed by atoms with Crippen LogP contribution in [-0.2, 0) is 0 Å². The molecule has 2 rings (SSSR count). The maximum Gasteiger partial charge on any atom is 0.573 e. The number of nitrogens with zero attached hydrogens (tertiary/aromatic N) is 1. The Morgan fingerprint density at radius 3 is 2.24 bits per heavy atom. The second-order valence-electron chi connectivity index (χ2n) is 6.17. The minimum atomic E-state index is -4.89. The van der Waals surface area contributed by atoms with Gasteiger partial charge in [0, 0.05) is 32.2 Å². The molecular weight excluding hydrogens is 383 g/mol. The Labute approximate surface area is 157 Å². The smallest absolute Gasteiger partial charge is 0.403 e. The Bertz CT molecular complexity index is 523. The highest BCUT2D eigenvalue weighted by atomic mass is 35.5. The second-order valence-corrected chi connectivity index (χ2v) is 6.17. The van der Waals surface area contributed by atoms with Gasteiger partial charge in [0.15, 0.2) is 11.6 Å².